The summed E-state index contributed by atoms with van der Waals surface area (Å²) in [6.07, 6.45) is 3.81. The average Bonchev–Trinajstić information content (AvgIpc) is 3.45. The molecule has 0 N–H and O–H groups in total. The molecule has 56 heavy (non-hydrogen) atoms. The van der Waals surface area contributed by atoms with Crippen LogP contribution in [0.1, 0.15) is 60.2 Å². The highest BCUT2D eigenvalue weighted by atomic mass is 16.6. The molecule has 1 unspecified atom stereocenters. The highest BCUT2D eigenvalue weighted by Gasteiger charge is 2.34. The third-order valence-electron chi connectivity index (χ3n) is 8.26. The monoisotopic (exact) mass is 801 g/mol. The van der Waals surface area contributed by atoms with Crippen LogP contribution in [-0.4, -0.2) is 181 Å². The van der Waals surface area contributed by atoms with Gasteiger partial charge in [-0.3, -0.25) is 19.3 Å². The third kappa shape index (κ3) is 24.2. The predicted molar refractivity (Wildman–Crippen MR) is 205 cm³/mol. The van der Waals surface area contributed by atoms with Gasteiger partial charge in [0.25, 0.3) is 11.8 Å². The van der Waals surface area contributed by atoms with Gasteiger partial charge in [-0.05, 0) is 25.0 Å². The summed E-state index contributed by atoms with van der Waals surface area (Å²) in [5.41, 5.74) is 0.877. The van der Waals surface area contributed by atoms with E-state index in [1.165, 1.54) is 4.90 Å². The molecule has 16 nitrogen and oxygen atoms in total. The predicted octanol–water partition coefficient (Wildman–Crippen LogP) is 3.22. The quantitative estimate of drug-likeness (QED) is 0.0538. The van der Waals surface area contributed by atoms with Gasteiger partial charge in [0.15, 0.2) is 0 Å². The highest BCUT2D eigenvalue weighted by Crippen LogP contribution is 2.22. The number of hydrogen-bond acceptors (Lipinski definition) is 15. The van der Waals surface area contributed by atoms with Gasteiger partial charge in [-0.25, -0.2) is 0 Å². The minimum atomic E-state index is -0.281. The lowest BCUT2D eigenvalue weighted by atomic mass is 10.00. The number of unbranched alkanes of at least 4 members (excludes halogenated alkanes) is 1. The van der Waals surface area contributed by atoms with Crippen molar-refractivity contribution in [1.29, 1.82) is 0 Å². The van der Waals surface area contributed by atoms with Crippen molar-refractivity contribution < 1.29 is 71.2 Å². The van der Waals surface area contributed by atoms with E-state index in [9.17, 15) is 14.4 Å². The Balaban J connectivity index is 1.17. The SMILES string of the molecule is CCCCC(CC)C(=O)OCCOCCOCCOCCOCCOCCOCCOCCOCCOCCOCCOCCN1C(=O)c2ccccc2C1=O. The number of fused-ring (bicyclic) bond motifs is 1. The number of carbonyl (C=O) groups is 3. The molecular formula is C40H67NO15. The number of hydrogen-bond donors (Lipinski definition) is 0. The minimum Gasteiger partial charge on any atom is -0.463 e. The molecule has 1 aromatic carbocycles. The molecule has 0 radical (unpaired) electrons. The second kappa shape index (κ2) is 35.5. The van der Waals surface area contributed by atoms with Crippen LogP contribution in [0.2, 0.25) is 0 Å². The molecule has 2 amide bonds. The van der Waals surface area contributed by atoms with Crippen LogP contribution in [0.15, 0.2) is 24.3 Å². The van der Waals surface area contributed by atoms with Crippen molar-refractivity contribution in [2.75, 3.05) is 159 Å². The molecule has 0 spiro atoms. The maximum absolute atomic E-state index is 12.3. The van der Waals surface area contributed by atoms with Crippen molar-refractivity contribution in [2.45, 2.75) is 39.5 Å². The van der Waals surface area contributed by atoms with Crippen LogP contribution >= 0.6 is 0 Å². The molecule has 0 saturated heterocycles. The van der Waals surface area contributed by atoms with Crippen LogP contribution in [0, 0.1) is 5.92 Å². The van der Waals surface area contributed by atoms with Gasteiger partial charge < -0.3 is 56.8 Å². The number of rotatable bonds is 41. The van der Waals surface area contributed by atoms with E-state index in [0.29, 0.717) is 150 Å². The molecule has 1 atom stereocenters. The molecule has 0 aromatic heterocycles. The molecule has 322 valence electrons. The second-order valence-corrected chi connectivity index (χ2v) is 12.5. The Morgan fingerprint density at radius 3 is 1.09 bits per heavy atom. The van der Waals surface area contributed by atoms with E-state index in [1.54, 1.807) is 24.3 Å². The number of carbonyl (C=O) groups excluding carboxylic acids is 3. The maximum atomic E-state index is 12.3. The Morgan fingerprint density at radius 2 is 0.786 bits per heavy atom. The summed E-state index contributed by atoms with van der Waals surface area (Å²) in [5.74, 6) is -0.700. The van der Waals surface area contributed by atoms with Crippen molar-refractivity contribution in [3.05, 3.63) is 35.4 Å². The summed E-state index contributed by atoms with van der Waals surface area (Å²) < 4.78 is 65.6. The van der Waals surface area contributed by atoms with Crippen molar-refractivity contribution in [1.82, 2.24) is 4.90 Å². The summed E-state index contributed by atoms with van der Waals surface area (Å²) in [4.78, 5) is 37.9. The number of benzene rings is 1. The first-order chi connectivity index (χ1) is 27.6. The third-order valence-corrected chi connectivity index (χ3v) is 8.26. The van der Waals surface area contributed by atoms with Gasteiger partial charge in [0.2, 0.25) is 0 Å². The number of imide groups is 1. The first-order valence-corrected chi connectivity index (χ1v) is 20.1. The summed E-state index contributed by atoms with van der Waals surface area (Å²) in [7, 11) is 0. The minimum absolute atomic E-state index is 0.0114. The van der Waals surface area contributed by atoms with Crippen LogP contribution in [-0.2, 0) is 61.6 Å². The van der Waals surface area contributed by atoms with Gasteiger partial charge in [0, 0.05) is 0 Å². The fourth-order valence-corrected chi connectivity index (χ4v) is 5.16. The molecule has 1 heterocycles. The lowest BCUT2D eigenvalue weighted by Crippen LogP contribution is -2.33. The number of esters is 1. The smallest absolute Gasteiger partial charge is 0.308 e. The van der Waals surface area contributed by atoms with E-state index < -0.39 is 0 Å². The maximum Gasteiger partial charge on any atom is 0.308 e. The van der Waals surface area contributed by atoms with Gasteiger partial charge in [0.1, 0.15) is 6.61 Å². The fraction of sp³-hybridized carbons (Fsp3) is 0.775. The molecule has 16 heteroatoms. The largest absolute Gasteiger partial charge is 0.463 e. The highest BCUT2D eigenvalue weighted by molar-refractivity contribution is 6.21. The van der Waals surface area contributed by atoms with E-state index in [-0.39, 0.29) is 43.5 Å². The summed E-state index contributed by atoms with van der Waals surface area (Å²) in [6, 6.07) is 6.81. The number of ether oxygens (including phenoxy) is 12. The molecule has 0 bridgehead atoms. The van der Waals surface area contributed by atoms with E-state index in [0.717, 1.165) is 25.7 Å². The van der Waals surface area contributed by atoms with Crippen LogP contribution < -0.4 is 0 Å². The van der Waals surface area contributed by atoms with Gasteiger partial charge in [-0.2, -0.15) is 0 Å². The topological polar surface area (TPSA) is 165 Å². The Kier molecular flexibility index (Phi) is 31.4. The molecule has 1 aromatic rings. The standard InChI is InChI=1S/C40H67NO15/c1-3-5-8-35(4-2)40(44)56-34-33-55-32-31-54-30-29-53-28-27-52-26-25-51-24-23-50-22-21-49-20-19-48-18-17-47-16-15-46-14-13-45-12-11-41-38(42)36-9-6-7-10-37(36)39(41)43/h6-7,9-10,35H,3-5,8,11-34H2,1-2H3. The molecule has 1 aliphatic rings. The van der Waals surface area contributed by atoms with Crippen molar-refractivity contribution >= 4 is 17.8 Å². The van der Waals surface area contributed by atoms with Crippen molar-refractivity contribution in [3.8, 4) is 0 Å². The van der Waals surface area contributed by atoms with Crippen LogP contribution in [0.25, 0.3) is 0 Å². The van der Waals surface area contributed by atoms with Gasteiger partial charge in [-0.1, -0.05) is 38.8 Å². The first-order valence-electron chi connectivity index (χ1n) is 20.1. The van der Waals surface area contributed by atoms with Gasteiger partial charge >= 0.3 is 5.97 Å². The Hall–Kier alpha value is -2.61. The average molecular weight is 802 g/mol. The summed E-state index contributed by atoms with van der Waals surface area (Å²) in [5, 5.41) is 0. The molecular weight excluding hydrogens is 734 g/mol. The van der Waals surface area contributed by atoms with Gasteiger partial charge in [-0.15, -0.1) is 0 Å². The number of nitrogens with zero attached hydrogens (tertiary/aromatic N) is 1. The van der Waals surface area contributed by atoms with Crippen LogP contribution in [0.5, 0.6) is 0 Å². The van der Waals surface area contributed by atoms with E-state index in [1.807, 2.05) is 6.92 Å². The van der Waals surface area contributed by atoms with E-state index in [2.05, 4.69) is 6.92 Å². The molecule has 0 saturated carbocycles. The summed E-state index contributed by atoms with van der Waals surface area (Å²) in [6.45, 7) is 14.4. The molecule has 0 aliphatic carbocycles. The fourth-order valence-electron chi connectivity index (χ4n) is 5.16. The van der Waals surface area contributed by atoms with E-state index >= 15 is 0 Å². The Labute approximate surface area is 332 Å². The molecule has 1 aliphatic heterocycles. The van der Waals surface area contributed by atoms with Crippen LogP contribution in [0.3, 0.4) is 0 Å². The first kappa shape index (κ1) is 49.5. The van der Waals surface area contributed by atoms with Crippen molar-refractivity contribution in [2.24, 2.45) is 5.92 Å². The summed E-state index contributed by atoms with van der Waals surface area (Å²) >= 11 is 0. The zero-order valence-corrected chi connectivity index (χ0v) is 33.8. The van der Waals surface area contributed by atoms with Gasteiger partial charge in [0.05, 0.1) is 169 Å². The Bertz CT molecular complexity index is 1090. The zero-order chi connectivity index (χ0) is 40.2. The zero-order valence-electron chi connectivity index (χ0n) is 33.8. The van der Waals surface area contributed by atoms with Crippen LogP contribution in [0.4, 0.5) is 0 Å². The number of amides is 2. The molecule has 0 fully saturated rings. The Morgan fingerprint density at radius 1 is 0.482 bits per heavy atom. The lowest BCUT2D eigenvalue weighted by molar-refractivity contribution is -0.150. The lowest BCUT2D eigenvalue weighted by Gasteiger charge is -2.13. The normalized spacial score (nSPS) is 13.1. The van der Waals surface area contributed by atoms with E-state index in [4.69, 9.17) is 56.8 Å². The second-order valence-electron chi connectivity index (χ2n) is 12.5. The molecule has 2 rings (SSSR count). The van der Waals surface area contributed by atoms with Crippen molar-refractivity contribution in [3.63, 3.8) is 0 Å².